The van der Waals surface area contributed by atoms with Gasteiger partial charge in [-0.15, -0.1) is 0 Å². The second-order valence-corrected chi connectivity index (χ2v) is 6.20. The molecule has 0 saturated carbocycles. The number of aromatic nitrogens is 1. The molecule has 4 heteroatoms. The first kappa shape index (κ1) is 15.0. The van der Waals surface area contributed by atoms with Crippen molar-refractivity contribution in [3.05, 3.63) is 59.2 Å². The number of rotatable bonds is 4. The van der Waals surface area contributed by atoms with Gasteiger partial charge in [0.15, 0.2) is 0 Å². The van der Waals surface area contributed by atoms with Crippen molar-refractivity contribution < 1.29 is 9.90 Å². The van der Waals surface area contributed by atoms with Gasteiger partial charge in [0.1, 0.15) is 0 Å². The van der Waals surface area contributed by atoms with Gasteiger partial charge in [-0.2, -0.15) is 0 Å². The lowest BCUT2D eigenvalue weighted by Crippen LogP contribution is -2.23. The highest BCUT2D eigenvalue weighted by atomic mass is 16.2. The molecular weight excluding hydrogens is 300 g/mol. The van der Waals surface area contributed by atoms with Crippen LogP contribution in [0.5, 0.6) is 0 Å². The number of benzene rings is 2. The Morgan fingerprint density at radius 2 is 1.88 bits per heavy atom. The van der Waals surface area contributed by atoms with Crippen LogP contribution in [0.15, 0.2) is 42.5 Å². The summed E-state index contributed by atoms with van der Waals surface area (Å²) in [4.78, 5) is 15.8. The first-order valence-corrected chi connectivity index (χ1v) is 8.40. The number of aromatic amines is 1. The summed E-state index contributed by atoms with van der Waals surface area (Å²) >= 11 is 0. The van der Waals surface area contributed by atoms with Crippen molar-refractivity contribution in [2.24, 2.45) is 0 Å². The molecule has 0 saturated heterocycles. The zero-order chi connectivity index (χ0) is 16.5. The van der Waals surface area contributed by atoms with Crippen LogP contribution < -0.4 is 5.32 Å². The van der Waals surface area contributed by atoms with Crippen molar-refractivity contribution in [2.75, 3.05) is 13.2 Å². The van der Waals surface area contributed by atoms with Crippen molar-refractivity contribution in [3.8, 4) is 11.3 Å². The van der Waals surface area contributed by atoms with Crippen LogP contribution in [0.1, 0.15) is 27.9 Å². The molecule has 0 unspecified atom stereocenters. The van der Waals surface area contributed by atoms with Crippen LogP contribution in [0, 0.1) is 0 Å². The molecule has 3 N–H and O–H groups in total. The molecule has 0 atom stereocenters. The predicted molar refractivity (Wildman–Crippen MR) is 95.2 cm³/mol. The Hall–Kier alpha value is -2.59. The molecule has 4 nitrogen and oxygen atoms in total. The number of hydrogen-bond donors (Lipinski definition) is 3. The van der Waals surface area contributed by atoms with E-state index in [2.05, 4.69) is 22.4 Å². The van der Waals surface area contributed by atoms with E-state index in [1.807, 2.05) is 30.3 Å². The maximum Gasteiger partial charge on any atom is 0.251 e. The smallest absolute Gasteiger partial charge is 0.251 e. The van der Waals surface area contributed by atoms with Gasteiger partial charge in [0, 0.05) is 35.2 Å². The fourth-order valence-corrected chi connectivity index (χ4v) is 3.63. The number of carbonyl (C=O) groups excluding carboxylic acids is 1. The van der Waals surface area contributed by atoms with E-state index in [9.17, 15) is 4.79 Å². The molecule has 3 aromatic rings. The van der Waals surface area contributed by atoms with E-state index < -0.39 is 0 Å². The van der Waals surface area contributed by atoms with Gasteiger partial charge in [0.05, 0.1) is 5.69 Å². The van der Waals surface area contributed by atoms with Crippen LogP contribution in [0.4, 0.5) is 0 Å². The summed E-state index contributed by atoms with van der Waals surface area (Å²) in [5, 5.41) is 13.2. The van der Waals surface area contributed by atoms with Gasteiger partial charge in [-0.25, -0.2) is 0 Å². The highest BCUT2D eigenvalue weighted by molar-refractivity contribution is 6.10. The fraction of sp³-hybridized carbons (Fsp3) is 0.250. The average Bonchev–Trinajstić information content (AvgIpc) is 2.89. The third-order valence-electron chi connectivity index (χ3n) is 4.72. The summed E-state index contributed by atoms with van der Waals surface area (Å²) in [6, 6.07) is 14.1. The minimum Gasteiger partial charge on any atom is -0.396 e. The molecule has 0 spiro atoms. The molecule has 0 radical (unpaired) electrons. The summed E-state index contributed by atoms with van der Waals surface area (Å²) in [5.41, 5.74) is 6.44. The molecule has 2 heterocycles. The highest BCUT2D eigenvalue weighted by Crippen LogP contribution is 2.35. The summed E-state index contributed by atoms with van der Waals surface area (Å²) in [6.07, 6.45) is 2.40. The number of H-pyrrole nitrogens is 1. The van der Waals surface area contributed by atoms with Gasteiger partial charge < -0.3 is 15.4 Å². The van der Waals surface area contributed by atoms with E-state index in [4.69, 9.17) is 5.11 Å². The second-order valence-electron chi connectivity index (χ2n) is 6.20. The van der Waals surface area contributed by atoms with Gasteiger partial charge in [-0.05, 0) is 42.5 Å². The quantitative estimate of drug-likeness (QED) is 0.692. The topological polar surface area (TPSA) is 65.1 Å². The Morgan fingerprint density at radius 3 is 2.75 bits per heavy atom. The molecule has 4 rings (SSSR count). The molecule has 0 aliphatic carbocycles. The van der Waals surface area contributed by atoms with Gasteiger partial charge in [-0.1, -0.05) is 30.3 Å². The highest BCUT2D eigenvalue weighted by Gasteiger charge is 2.22. The monoisotopic (exact) mass is 320 g/mol. The van der Waals surface area contributed by atoms with E-state index >= 15 is 0 Å². The molecule has 24 heavy (non-hydrogen) atoms. The number of aliphatic hydroxyl groups is 1. The van der Waals surface area contributed by atoms with Crippen molar-refractivity contribution in [2.45, 2.75) is 19.3 Å². The van der Waals surface area contributed by atoms with E-state index in [1.54, 1.807) is 0 Å². The van der Waals surface area contributed by atoms with Crippen molar-refractivity contribution >= 4 is 16.8 Å². The Balaban J connectivity index is 1.94. The van der Waals surface area contributed by atoms with Crippen LogP contribution in [0.2, 0.25) is 0 Å². The van der Waals surface area contributed by atoms with Crippen LogP contribution in [0.25, 0.3) is 22.2 Å². The summed E-state index contributed by atoms with van der Waals surface area (Å²) in [7, 11) is 0. The molecule has 1 aliphatic rings. The normalized spacial score (nSPS) is 13.8. The lowest BCUT2D eigenvalue weighted by Gasteiger charge is -2.10. The number of carbonyl (C=O) groups is 1. The van der Waals surface area contributed by atoms with Crippen LogP contribution >= 0.6 is 0 Å². The Morgan fingerprint density at radius 1 is 1.04 bits per heavy atom. The van der Waals surface area contributed by atoms with E-state index in [-0.39, 0.29) is 12.5 Å². The second kappa shape index (κ2) is 6.13. The Bertz CT molecular complexity index is 911. The van der Waals surface area contributed by atoms with E-state index in [0.717, 1.165) is 47.0 Å². The average molecular weight is 320 g/mol. The van der Waals surface area contributed by atoms with Gasteiger partial charge in [-0.3, -0.25) is 4.79 Å². The van der Waals surface area contributed by atoms with Gasteiger partial charge in [0.25, 0.3) is 5.91 Å². The van der Waals surface area contributed by atoms with Crippen molar-refractivity contribution in [1.82, 2.24) is 10.3 Å². The minimum atomic E-state index is -0.00142. The summed E-state index contributed by atoms with van der Waals surface area (Å²) in [6.45, 7) is 0.836. The maximum atomic E-state index is 12.3. The lowest BCUT2D eigenvalue weighted by molar-refractivity contribution is 0.0957. The number of amides is 1. The third-order valence-corrected chi connectivity index (χ3v) is 4.72. The SMILES string of the molecule is O=C1NCCc2c(-c3ccccc3CCCO)[nH]c3cccc1c23. The Labute approximate surface area is 140 Å². The number of aliphatic hydroxyl groups excluding tert-OH is 1. The molecule has 0 fully saturated rings. The van der Waals surface area contributed by atoms with Gasteiger partial charge >= 0.3 is 0 Å². The van der Waals surface area contributed by atoms with Crippen LogP contribution in [-0.2, 0) is 12.8 Å². The van der Waals surface area contributed by atoms with E-state index in [0.29, 0.717) is 6.54 Å². The number of hydrogen-bond acceptors (Lipinski definition) is 2. The zero-order valence-corrected chi connectivity index (χ0v) is 13.4. The molecule has 1 aromatic heterocycles. The Kier molecular flexibility index (Phi) is 3.82. The molecule has 1 aliphatic heterocycles. The third kappa shape index (κ3) is 2.39. The predicted octanol–water partition coefficient (Wildman–Crippen LogP) is 3.05. The van der Waals surface area contributed by atoms with Crippen molar-refractivity contribution in [3.63, 3.8) is 0 Å². The van der Waals surface area contributed by atoms with E-state index in [1.165, 1.54) is 11.1 Å². The maximum absolute atomic E-state index is 12.3. The molecule has 0 bridgehead atoms. The van der Waals surface area contributed by atoms with Crippen molar-refractivity contribution in [1.29, 1.82) is 0 Å². The lowest BCUT2D eigenvalue weighted by atomic mass is 9.95. The molecule has 122 valence electrons. The van der Waals surface area contributed by atoms with Crippen LogP contribution in [0.3, 0.4) is 0 Å². The standard InChI is InChI=1S/C20H20N2O2/c23-12-4-6-13-5-1-2-7-14(13)19-15-10-11-21-20(24)16-8-3-9-17(22-19)18(15)16/h1-3,5,7-9,22-23H,4,6,10-12H2,(H,21,24). The van der Waals surface area contributed by atoms with Gasteiger partial charge in [0.2, 0.25) is 0 Å². The summed E-state index contributed by atoms with van der Waals surface area (Å²) in [5.74, 6) is -0.00142. The van der Waals surface area contributed by atoms with Crippen LogP contribution in [-0.4, -0.2) is 29.1 Å². The first-order valence-electron chi connectivity index (χ1n) is 8.40. The zero-order valence-electron chi connectivity index (χ0n) is 13.4. The number of aryl methyl sites for hydroxylation is 1. The summed E-state index contributed by atoms with van der Waals surface area (Å²) < 4.78 is 0. The molecule has 2 aromatic carbocycles. The molecule has 1 amide bonds. The first-order chi connectivity index (χ1) is 11.8. The molecular formula is C20H20N2O2. The minimum absolute atomic E-state index is 0.00142. The largest absolute Gasteiger partial charge is 0.396 e. The fourth-order valence-electron chi connectivity index (χ4n) is 3.63. The number of nitrogens with one attached hydrogen (secondary N) is 2.